The van der Waals surface area contributed by atoms with Crippen molar-refractivity contribution in [3.8, 4) is 5.75 Å². The summed E-state index contributed by atoms with van der Waals surface area (Å²) in [5.74, 6) is 0.00880. The number of nitrogens with one attached hydrogen (secondary N) is 2. The predicted octanol–water partition coefficient (Wildman–Crippen LogP) is 3.09. The van der Waals surface area contributed by atoms with Crippen LogP contribution in [-0.4, -0.2) is 26.6 Å². The van der Waals surface area contributed by atoms with Gasteiger partial charge in [-0.25, -0.2) is 4.39 Å². The summed E-state index contributed by atoms with van der Waals surface area (Å²) in [5, 5.41) is 6.01. The van der Waals surface area contributed by atoms with Crippen molar-refractivity contribution in [1.82, 2.24) is 10.6 Å². The minimum absolute atomic E-state index is 0.180. The number of rotatable bonds is 7. The summed E-state index contributed by atoms with van der Waals surface area (Å²) in [6.07, 6.45) is 0.762. The molecule has 0 fully saturated rings. The average molecular weight is 330 g/mol. The molecule has 0 aliphatic carbocycles. The number of ether oxygens (including phenoxy) is 1. The molecule has 0 spiro atoms. The van der Waals surface area contributed by atoms with E-state index in [0.717, 1.165) is 18.5 Å². The molecule has 24 heavy (non-hydrogen) atoms. The molecule has 1 unspecified atom stereocenters. The molecule has 0 aromatic heterocycles. The van der Waals surface area contributed by atoms with Crippen molar-refractivity contribution in [3.63, 3.8) is 0 Å². The average Bonchev–Trinajstić information content (AvgIpc) is 2.60. The maximum absolute atomic E-state index is 13.5. The highest BCUT2D eigenvalue weighted by atomic mass is 19.1. The van der Waals surface area contributed by atoms with E-state index in [-0.39, 0.29) is 17.8 Å². The van der Waals surface area contributed by atoms with E-state index in [2.05, 4.69) is 10.6 Å². The topological polar surface area (TPSA) is 50.4 Å². The van der Waals surface area contributed by atoms with Gasteiger partial charge in [0, 0.05) is 11.1 Å². The van der Waals surface area contributed by atoms with Crippen LogP contribution < -0.4 is 15.4 Å². The Morgan fingerprint density at radius 1 is 1.25 bits per heavy atom. The van der Waals surface area contributed by atoms with E-state index in [1.165, 1.54) is 19.2 Å². The van der Waals surface area contributed by atoms with Crippen LogP contribution in [0.4, 0.5) is 4.39 Å². The van der Waals surface area contributed by atoms with Crippen LogP contribution in [0, 0.1) is 5.82 Å². The maximum Gasteiger partial charge on any atom is 0.252 e. The second kappa shape index (κ2) is 8.45. The van der Waals surface area contributed by atoms with Crippen molar-refractivity contribution in [2.24, 2.45) is 0 Å². The number of carbonyl (C=O) groups excluding carboxylic acids is 1. The van der Waals surface area contributed by atoms with Gasteiger partial charge in [0.05, 0.1) is 13.2 Å². The number of methoxy groups -OCH3 is 1. The van der Waals surface area contributed by atoms with Crippen LogP contribution in [-0.2, 0) is 6.42 Å². The molecule has 0 aliphatic heterocycles. The quantitative estimate of drug-likeness (QED) is 0.820. The van der Waals surface area contributed by atoms with Gasteiger partial charge in [0.15, 0.2) is 0 Å². The number of halogens is 1. The van der Waals surface area contributed by atoms with Crippen LogP contribution in [0.5, 0.6) is 5.75 Å². The lowest BCUT2D eigenvalue weighted by Crippen LogP contribution is -2.28. The fourth-order valence-corrected chi connectivity index (χ4v) is 2.62. The highest BCUT2D eigenvalue weighted by molar-refractivity contribution is 5.96. The van der Waals surface area contributed by atoms with Crippen LogP contribution in [0.2, 0.25) is 0 Å². The molecule has 0 bridgehead atoms. The second-order valence-electron chi connectivity index (χ2n) is 5.59. The Labute approximate surface area is 142 Å². The minimum atomic E-state index is -0.375. The molecule has 128 valence electrons. The SMILES string of the molecule is CNCCc1ccccc1C(=O)NC(C)c1cc(F)ccc1OC. The first-order chi connectivity index (χ1) is 11.6. The van der Waals surface area contributed by atoms with E-state index in [9.17, 15) is 9.18 Å². The molecule has 5 heteroatoms. The fraction of sp³-hybridized carbons (Fsp3) is 0.316. The van der Waals surface area contributed by atoms with Crippen molar-refractivity contribution in [1.29, 1.82) is 0 Å². The standard InChI is InChI=1S/C19H23FN2O2/c1-13(17-12-15(20)8-9-18(17)24-3)22-19(23)16-7-5-4-6-14(16)10-11-21-2/h4-9,12-13,21H,10-11H2,1-3H3,(H,22,23). The minimum Gasteiger partial charge on any atom is -0.496 e. The molecule has 0 aliphatic rings. The highest BCUT2D eigenvalue weighted by Gasteiger charge is 2.17. The van der Waals surface area contributed by atoms with Crippen LogP contribution >= 0.6 is 0 Å². The number of carbonyl (C=O) groups is 1. The lowest BCUT2D eigenvalue weighted by molar-refractivity contribution is 0.0938. The van der Waals surface area contributed by atoms with Crippen molar-refractivity contribution in [3.05, 3.63) is 65.0 Å². The van der Waals surface area contributed by atoms with E-state index in [1.54, 1.807) is 12.1 Å². The van der Waals surface area contributed by atoms with Gasteiger partial charge < -0.3 is 15.4 Å². The zero-order valence-electron chi connectivity index (χ0n) is 14.2. The van der Waals surface area contributed by atoms with Gasteiger partial charge in [-0.15, -0.1) is 0 Å². The van der Waals surface area contributed by atoms with Gasteiger partial charge in [0.25, 0.3) is 5.91 Å². The highest BCUT2D eigenvalue weighted by Crippen LogP contribution is 2.26. The summed E-state index contributed by atoms with van der Waals surface area (Å²) >= 11 is 0. The molecule has 1 atom stereocenters. The Hall–Kier alpha value is -2.40. The summed E-state index contributed by atoms with van der Waals surface area (Å²) in [5.41, 5.74) is 2.22. The van der Waals surface area contributed by atoms with Gasteiger partial charge in [-0.05, 0) is 56.8 Å². The number of amides is 1. The molecule has 2 aromatic carbocycles. The molecule has 2 aromatic rings. The van der Waals surface area contributed by atoms with Crippen LogP contribution in [0.15, 0.2) is 42.5 Å². The van der Waals surface area contributed by atoms with E-state index in [1.807, 2.05) is 32.2 Å². The zero-order valence-corrected chi connectivity index (χ0v) is 14.2. The largest absolute Gasteiger partial charge is 0.496 e. The van der Waals surface area contributed by atoms with Gasteiger partial charge in [-0.3, -0.25) is 4.79 Å². The third kappa shape index (κ3) is 4.32. The smallest absolute Gasteiger partial charge is 0.252 e. The summed E-state index contributed by atoms with van der Waals surface area (Å²) < 4.78 is 18.8. The first-order valence-corrected chi connectivity index (χ1v) is 7.93. The number of hydrogen-bond donors (Lipinski definition) is 2. The van der Waals surface area contributed by atoms with E-state index in [4.69, 9.17) is 4.74 Å². The van der Waals surface area contributed by atoms with Crippen molar-refractivity contribution in [2.45, 2.75) is 19.4 Å². The zero-order chi connectivity index (χ0) is 17.5. The first-order valence-electron chi connectivity index (χ1n) is 7.93. The molecule has 0 radical (unpaired) electrons. The number of likely N-dealkylation sites (N-methyl/N-ethyl adjacent to an activating group) is 1. The summed E-state index contributed by atoms with van der Waals surface area (Å²) in [4.78, 5) is 12.6. The lowest BCUT2D eigenvalue weighted by Gasteiger charge is -2.18. The Morgan fingerprint density at radius 3 is 2.71 bits per heavy atom. The Morgan fingerprint density at radius 2 is 2.00 bits per heavy atom. The molecule has 4 nitrogen and oxygen atoms in total. The Bertz CT molecular complexity index is 704. The third-order valence-corrected chi connectivity index (χ3v) is 3.91. The van der Waals surface area contributed by atoms with Gasteiger partial charge in [-0.2, -0.15) is 0 Å². The van der Waals surface area contributed by atoms with Gasteiger partial charge in [0.2, 0.25) is 0 Å². The summed E-state index contributed by atoms with van der Waals surface area (Å²) in [6.45, 7) is 2.60. The molecule has 1 amide bonds. The van der Waals surface area contributed by atoms with Gasteiger partial charge in [-0.1, -0.05) is 18.2 Å². The van der Waals surface area contributed by atoms with Crippen LogP contribution in [0.25, 0.3) is 0 Å². The second-order valence-corrected chi connectivity index (χ2v) is 5.59. The van der Waals surface area contributed by atoms with Gasteiger partial charge >= 0.3 is 0 Å². The van der Waals surface area contributed by atoms with Gasteiger partial charge in [0.1, 0.15) is 11.6 Å². The van der Waals surface area contributed by atoms with E-state index >= 15 is 0 Å². The van der Waals surface area contributed by atoms with Crippen LogP contribution in [0.3, 0.4) is 0 Å². The summed E-state index contributed by atoms with van der Waals surface area (Å²) in [7, 11) is 3.40. The van der Waals surface area contributed by atoms with E-state index < -0.39 is 0 Å². The molecule has 2 rings (SSSR count). The third-order valence-electron chi connectivity index (χ3n) is 3.91. The normalized spacial score (nSPS) is 11.8. The molecular formula is C19H23FN2O2. The monoisotopic (exact) mass is 330 g/mol. The molecule has 0 saturated carbocycles. The Kier molecular flexibility index (Phi) is 6.32. The molecular weight excluding hydrogens is 307 g/mol. The fourth-order valence-electron chi connectivity index (χ4n) is 2.62. The molecule has 2 N–H and O–H groups in total. The molecule has 0 heterocycles. The predicted molar refractivity (Wildman–Crippen MR) is 92.9 cm³/mol. The number of benzene rings is 2. The van der Waals surface area contributed by atoms with Crippen molar-refractivity contribution >= 4 is 5.91 Å². The maximum atomic E-state index is 13.5. The van der Waals surface area contributed by atoms with Crippen LogP contribution in [0.1, 0.15) is 34.5 Å². The lowest BCUT2D eigenvalue weighted by atomic mass is 10.0. The van der Waals surface area contributed by atoms with Crippen molar-refractivity contribution < 1.29 is 13.9 Å². The van der Waals surface area contributed by atoms with E-state index in [0.29, 0.717) is 16.9 Å². The van der Waals surface area contributed by atoms with Crippen molar-refractivity contribution in [2.75, 3.05) is 20.7 Å². The number of hydrogen-bond acceptors (Lipinski definition) is 3. The Balaban J connectivity index is 2.19. The molecule has 0 saturated heterocycles. The summed E-state index contributed by atoms with van der Waals surface area (Å²) in [6, 6.07) is 11.4. The first kappa shape index (κ1) is 17.9.